The lowest BCUT2D eigenvalue weighted by Crippen LogP contribution is -2.57. The van der Waals surface area contributed by atoms with E-state index >= 15 is 0 Å². The average Bonchev–Trinajstić information content (AvgIpc) is 2.58. The molecular weight excluding hydrogens is 230 g/mol. The van der Waals surface area contributed by atoms with Crippen molar-refractivity contribution in [3.8, 4) is 0 Å². The maximum atomic E-state index is 5.45. The molecule has 2 atom stereocenters. The molecule has 3 nitrogen and oxygen atoms in total. The monoisotopic (exact) mass is 255 g/mol. The standard InChI is InChI=1S/C13H25N3S/c1-10(2)7-9-16-12(17)14-13(15-16)8-5-4-6-11(13)3/h10-11,15H,4-9H2,1-3H3,(H,14,17)/t11-,13-/m1/s1. The number of hydrogen-bond acceptors (Lipinski definition) is 2. The average molecular weight is 255 g/mol. The maximum absolute atomic E-state index is 5.45. The first-order chi connectivity index (χ1) is 8.03. The van der Waals surface area contributed by atoms with Crippen molar-refractivity contribution in [2.75, 3.05) is 6.54 Å². The van der Waals surface area contributed by atoms with E-state index in [9.17, 15) is 0 Å². The summed E-state index contributed by atoms with van der Waals surface area (Å²) in [7, 11) is 0. The van der Waals surface area contributed by atoms with Crippen LogP contribution >= 0.6 is 12.2 Å². The topological polar surface area (TPSA) is 27.3 Å². The van der Waals surface area contributed by atoms with Crippen LogP contribution in [0.25, 0.3) is 0 Å². The Labute approximate surface area is 110 Å². The molecule has 0 aromatic rings. The van der Waals surface area contributed by atoms with Crippen molar-refractivity contribution in [1.82, 2.24) is 15.8 Å². The molecule has 1 aliphatic carbocycles. The molecule has 2 fully saturated rings. The molecule has 2 aliphatic rings. The van der Waals surface area contributed by atoms with Crippen molar-refractivity contribution in [3.63, 3.8) is 0 Å². The Hall–Kier alpha value is -0.350. The van der Waals surface area contributed by atoms with Crippen LogP contribution in [-0.4, -0.2) is 22.3 Å². The Morgan fingerprint density at radius 3 is 2.88 bits per heavy atom. The molecule has 4 heteroatoms. The smallest absolute Gasteiger partial charge is 0.185 e. The zero-order valence-corrected chi connectivity index (χ0v) is 12.1. The second-order valence-corrected chi connectivity index (χ2v) is 6.38. The summed E-state index contributed by atoms with van der Waals surface area (Å²) in [5.41, 5.74) is 3.69. The lowest BCUT2D eigenvalue weighted by molar-refractivity contribution is 0.105. The van der Waals surface area contributed by atoms with Gasteiger partial charge in [-0.05, 0) is 49.7 Å². The molecule has 2 rings (SSSR count). The van der Waals surface area contributed by atoms with Crippen LogP contribution in [0.3, 0.4) is 0 Å². The quantitative estimate of drug-likeness (QED) is 0.758. The Bertz CT molecular complexity index is 292. The van der Waals surface area contributed by atoms with Crippen molar-refractivity contribution in [2.24, 2.45) is 11.8 Å². The first kappa shape index (κ1) is 13.1. The van der Waals surface area contributed by atoms with Crippen LogP contribution in [0.5, 0.6) is 0 Å². The van der Waals surface area contributed by atoms with Gasteiger partial charge in [-0.25, -0.2) is 5.43 Å². The highest BCUT2D eigenvalue weighted by molar-refractivity contribution is 7.80. The molecule has 98 valence electrons. The molecule has 0 aromatic carbocycles. The van der Waals surface area contributed by atoms with Gasteiger partial charge in [-0.3, -0.25) is 5.01 Å². The van der Waals surface area contributed by atoms with Crippen LogP contribution in [0.1, 0.15) is 52.9 Å². The van der Waals surface area contributed by atoms with E-state index in [0.29, 0.717) is 5.92 Å². The summed E-state index contributed by atoms with van der Waals surface area (Å²) >= 11 is 5.45. The highest BCUT2D eigenvalue weighted by Gasteiger charge is 2.45. The van der Waals surface area contributed by atoms with E-state index < -0.39 is 0 Å². The van der Waals surface area contributed by atoms with E-state index in [1.54, 1.807) is 0 Å². The van der Waals surface area contributed by atoms with Gasteiger partial charge >= 0.3 is 0 Å². The molecule has 17 heavy (non-hydrogen) atoms. The number of hydrazine groups is 1. The Morgan fingerprint density at radius 1 is 1.47 bits per heavy atom. The van der Waals surface area contributed by atoms with Crippen LogP contribution in [0, 0.1) is 11.8 Å². The van der Waals surface area contributed by atoms with Crippen molar-refractivity contribution in [1.29, 1.82) is 0 Å². The number of hydrogen-bond donors (Lipinski definition) is 2. The van der Waals surface area contributed by atoms with Gasteiger partial charge in [0.2, 0.25) is 0 Å². The molecule has 1 saturated heterocycles. The SMILES string of the molecule is CC(C)CCN1N[C@@]2(CCCC[C@H]2C)NC1=S. The van der Waals surface area contributed by atoms with Gasteiger partial charge < -0.3 is 5.32 Å². The molecule has 0 aromatic heterocycles. The molecule has 1 saturated carbocycles. The normalized spacial score (nSPS) is 33.5. The number of thiocarbonyl (C=S) groups is 1. The largest absolute Gasteiger partial charge is 0.342 e. The highest BCUT2D eigenvalue weighted by Crippen LogP contribution is 2.34. The summed E-state index contributed by atoms with van der Waals surface area (Å²) in [5, 5.41) is 6.58. The summed E-state index contributed by atoms with van der Waals surface area (Å²) in [4.78, 5) is 0. The zero-order valence-electron chi connectivity index (χ0n) is 11.3. The molecule has 2 N–H and O–H groups in total. The van der Waals surface area contributed by atoms with Crippen LogP contribution < -0.4 is 10.7 Å². The van der Waals surface area contributed by atoms with Crippen LogP contribution in [-0.2, 0) is 0 Å². The van der Waals surface area contributed by atoms with Gasteiger partial charge in [0, 0.05) is 6.54 Å². The molecule has 0 unspecified atom stereocenters. The third-order valence-electron chi connectivity index (χ3n) is 4.14. The van der Waals surface area contributed by atoms with E-state index in [1.807, 2.05) is 0 Å². The Balaban J connectivity index is 1.97. The van der Waals surface area contributed by atoms with E-state index in [2.05, 4.69) is 36.5 Å². The predicted octanol–water partition coefficient (Wildman–Crippen LogP) is 2.63. The number of nitrogens with one attached hydrogen (secondary N) is 2. The van der Waals surface area contributed by atoms with Crippen molar-refractivity contribution in [2.45, 2.75) is 58.5 Å². The van der Waals surface area contributed by atoms with Gasteiger partial charge in [-0.2, -0.15) is 0 Å². The van der Waals surface area contributed by atoms with E-state index in [1.165, 1.54) is 32.1 Å². The van der Waals surface area contributed by atoms with Gasteiger partial charge in [0.15, 0.2) is 5.11 Å². The summed E-state index contributed by atoms with van der Waals surface area (Å²) in [6.07, 6.45) is 6.31. The zero-order chi connectivity index (χ0) is 12.5. The molecular formula is C13H25N3S. The number of rotatable bonds is 3. The molecule has 1 spiro atoms. The predicted molar refractivity (Wildman–Crippen MR) is 75.4 cm³/mol. The second-order valence-electron chi connectivity index (χ2n) is 5.99. The van der Waals surface area contributed by atoms with E-state index in [0.717, 1.165) is 17.6 Å². The minimum Gasteiger partial charge on any atom is -0.342 e. The molecule has 1 aliphatic heterocycles. The Morgan fingerprint density at radius 2 is 2.24 bits per heavy atom. The van der Waals surface area contributed by atoms with Crippen LogP contribution in [0.4, 0.5) is 0 Å². The van der Waals surface area contributed by atoms with Crippen molar-refractivity contribution >= 4 is 17.3 Å². The van der Waals surface area contributed by atoms with Crippen LogP contribution in [0.15, 0.2) is 0 Å². The van der Waals surface area contributed by atoms with Gasteiger partial charge in [-0.15, -0.1) is 0 Å². The maximum Gasteiger partial charge on any atom is 0.185 e. The van der Waals surface area contributed by atoms with Gasteiger partial charge in [-0.1, -0.05) is 27.2 Å². The summed E-state index contributed by atoms with van der Waals surface area (Å²) in [6, 6.07) is 0. The fourth-order valence-corrected chi connectivity index (χ4v) is 3.14. The third kappa shape index (κ3) is 2.74. The lowest BCUT2D eigenvalue weighted by atomic mass is 9.81. The fourth-order valence-electron chi connectivity index (χ4n) is 2.82. The highest BCUT2D eigenvalue weighted by atomic mass is 32.1. The third-order valence-corrected chi connectivity index (χ3v) is 4.46. The van der Waals surface area contributed by atoms with Gasteiger partial charge in [0.05, 0.1) is 0 Å². The second kappa shape index (κ2) is 5.11. The molecule has 0 radical (unpaired) electrons. The van der Waals surface area contributed by atoms with E-state index in [4.69, 9.17) is 12.2 Å². The van der Waals surface area contributed by atoms with Crippen molar-refractivity contribution in [3.05, 3.63) is 0 Å². The van der Waals surface area contributed by atoms with Gasteiger partial charge in [0.25, 0.3) is 0 Å². The lowest BCUT2D eigenvalue weighted by Gasteiger charge is -2.39. The minimum absolute atomic E-state index is 0.0479. The Kier molecular flexibility index (Phi) is 3.93. The summed E-state index contributed by atoms with van der Waals surface area (Å²) in [6.45, 7) is 7.85. The number of nitrogens with zero attached hydrogens (tertiary/aromatic N) is 1. The summed E-state index contributed by atoms with van der Waals surface area (Å²) < 4.78 is 0. The molecule has 1 heterocycles. The van der Waals surface area contributed by atoms with Crippen LogP contribution in [0.2, 0.25) is 0 Å². The van der Waals surface area contributed by atoms with Crippen molar-refractivity contribution < 1.29 is 0 Å². The van der Waals surface area contributed by atoms with Gasteiger partial charge in [0.1, 0.15) is 5.66 Å². The molecule has 0 bridgehead atoms. The fraction of sp³-hybridized carbons (Fsp3) is 0.923. The minimum atomic E-state index is 0.0479. The first-order valence-electron chi connectivity index (χ1n) is 6.91. The first-order valence-corrected chi connectivity index (χ1v) is 7.32. The van der Waals surface area contributed by atoms with E-state index in [-0.39, 0.29) is 5.66 Å². The molecule has 0 amide bonds. The summed E-state index contributed by atoms with van der Waals surface area (Å²) in [5.74, 6) is 1.37.